The number of para-hydroxylation sites is 2. The molecule has 0 fully saturated rings. The number of nitrogens with one attached hydrogen (secondary N) is 1. The predicted octanol–water partition coefficient (Wildman–Crippen LogP) is 5.32. The number of esters is 1. The van der Waals surface area contributed by atoms with Crippen molar-refractivity contribution in [2.45, 2.75) is 32.7 Å². The topological polar surface area (TPSA) is 56.2 Å². The average Bonchev–Trinajstić information content (AvgIpc) is 3.05. The summed E-state index contributed by atoms with van der Waals surface area (Å²) in [4.78, 5) is 17.8. The van der Waals surface area contributed by atoms with E-state index in [1.807, 2.05) is 55.5 Å². The zero-order chi connectivity index (χ0) is 19.7. The molecule has 1 atom stereocenters. The van der Waals surface area contributed by atoms with Gasteiger partial charge in [-0.1, -0.05) is 49.2 Å². The fourth-order valence-electron chi connectivity index (χ4n) is 3.77. The Balaban J connectivity index is 2.00. The van der Waals surface area contributed by atoms with Crippen LogP contribution in [0.15, 0.2) is 59.8 Å². The SMILES string of the molecule is CCCC1=C(C(=O)OCC)C(c2cccc(Cl)c2)n2c(nc3ccccc32)N1. The molecule has 2 aromatic carbocycles. The normalized spacial score (nSPS) is 16.0. The summed E-state index contributed by atoms with van der Waals surface area (Å²) in [5.74, 6) is 0.412. The Morgan fingerprint density at radius 1 is 1.21 bits per heavy atom. The summed E-state index contributed by atoms with van der Waals surface area (Å²) in [6, 6.07) is 15.2. The van der Waals surface area contributed by atoms with E-state index in [1.165, 1.54) is 0 Å². The number of ether oxygens (including phenoxy) is 1. The van der Waals surface area contributed by atoms with Gasteiger partial charge in [-0.15, -0.1) is 0 Å². The van der Waals surface area contributed by atoms with Gasteiger partial charge in [-0.25, -0.2) is 9.78 Å². The van der Waals surface area contributed by atoms with E-state index in [4.69, 9.17) is 21.3 Å². The Morgan fingerprint density at radius 3 is 2.79 bits per heavy atom. The van der Waals surface area contributed by atoms with Crippen LogP contribution in [0.4, 0.5) is 5.95 Å². The largest absolute Gasteiger partial charge is 0.463 e. The molecule has 1 aliphatic heterocycles. The van der Waals surface area contributed by atoms with Gasteiger partial charge in [0.2, 0.25) is 5.95 Å². The second kappa shape index (κ2) is 7.68. The minimum atomic E-state index is -0.358. The van der Waals surface area contributed by atoms with Crippen LogP contribution in [0.25, 0.3) is 11.0 Å². The van der Waals surface area contributed by atoms with Gasteiger partial charge in [-0.3, -0.25) is 4.57 Å². The van der Waals surface area contributed by atoms with Gasteiger partial charge < -0.3 is 10.1 Å². The van der Waals surface area contributed by atoms with Crippen LogP contribution in [0.1, 0.15) is 38.3 Å². The zero-order valence-corrected chi connectivity index (χ0v) is 16.7. The molecular formula is C22H22ClN3O2. The van der Waals surface area contributed by atoms with Crippen LogP contribution in [-0.2, 0) is 9.53 Å². The number of carbonyl (C=O) groups is 1. The van der Waals surface area contributed by atoms with Crippen LogP contribution in [0.2, 0.25) is 5.02 Å². The molecule has 1 aliphatic rings. The molecule has 1 N–H and O–H groups in total. The molecule has 3 aromatic rings. The van der Waals surface area contributed by atoms with E-state index >= 15 is 0 Å². The Hall–Kier alpha value is -2.79. The maximum atomic E-state index is 13.0. The summed E-state index contributed by atoms with van der Waals surface area (Å²) < 4.78 is 7.50. The minimum Gasteiger partial charge on any atom is -0.463 e. The van der Waals surface area contributed by atoms with Crippen molar-refractivity contribution < 1.29 is 9.53 Å². The molecule has 1 unspecified atom stereocenters. The molecule has 0 spiro atoms. The van der Waals surface area contributed by atoms with E-state index in [0.717, 1.165) is 41.1 Å². The standard InChI is InChI=1S/C22H22ClN3O2/c1-3-8-17-19(21(27)28-4-2)20(14-9-7-10-15(23)13-14)26-18-12-6-5-11-16(18)24-22(26)25-17/h5-7,9-13,20H,3-4,8H2,1-2H3,(H,24,25). The maximum absolute atomic E-state index is 13.0. The van der Waals surface area contributed by atoms with Gasteiger partial charge in [0.15, 0.2) is 0 Å². The van der Waals surface area contributed by atoms with Crippen LogP contribution in [0.5, 0.6) is 0 Å². The van der Waals surface area contributed by atoms with Crippen LogP contribution >= 0.6 is 11.6 Å². The second-order valence-electron chi connectivity index (χ2n) is 6.74. The number of imidazole rings is 1. The Labute approximate surface area is 169 Å². The number of allylic oxidation sites excluding steroid dienone is 1. The highest BCUT2D eigenvalue weighted by atomic mass is 35.5. The Kier molecular flexibility index (Phi) is 5.09. The van der Waals surface area contributed by atoms with Gasteiger partial charge in [-0.05, 0) is 43.2 Å². The van der Waals surface area contributed by atoms with E-state index in [1.54, 1.807) is 0 Å². The Morgan fingerprint density at radius 2 is 2.04 bits per heavy atom. The first-order valence-corrected chi connectivity index (χ1v) is 9.91. The highest BCUT2D eigenvalue weighted by Crippen LogP contribution is 2.41. The van der Waals surface area contributed by atoms with Crippen LogP contribution in [0, 0.1) is 0 Å². The van der Waals surface area contributed by atoms with E-state index in [0.29, 0.717) is 17.2 Å². The fourth-order valence-corrected chi connectivity index (χ4v) is 3.97. The fraction of sp³-hybridized carbons (Fsp3) is 0.273. The van der Waals surface area contributed by atoms with Crippen molar-refractivity contribution >= 4 is 34.6 Å². The second-order valence-corrected chi connectivity index (χ2v) is 7.18. The van der Waals surface area contributed by atoms with Crippen molar-refractivity contribution in [3.63, 3.8) is 0 Å². The number of hydrogen-bond donors (Lipinski definition) is 1. The highest BCUT2D eigenvalue weighted by molar-refractivity contribution is 6.30. The molecular weight excluding hydrogens is 374 g/mol. The number of aromatic nitrogens is 2. The van der Waals surface area contributed by atoms with Gasteiger partial charge in [0, 0.05) is 10.7 Å². The summed E-state index contributed by atoms with van der Waals surface area (Å²) >= 11 is 6.30. The van der Waals surface area contributed by atoms with Crippen molar-refractivity contribution in [2.75, 3.05) is 11.9 Å². The van der Waals surface area contributed by atoms with Crippen molar-refractivity contribution in [1.82, 2.24) is 9.55 Å². The molecule has 0 saturated carbocycles. The van der Waals surface area contributed by atoms with Gasteiger partial charge in [0.25, 0.3) is 0 Å². The molecule has 0 aliphatic carbocycles. The first kappa shape index (κ1) is 18.6. The van der Waals surface area contributed by atoms with E-state index < -0.39 is 0 Å². The van der Waals surface area contributed by atoms with Crippen molar-refractivity contribution in [1.29, 1.82) is 0 Å². The van der Waals surface area contributed by atoms with Crippen LogP contribution in [0.3, 0.4) is 0 Å². The third kappa shape index (κ3) is 3.16. The van der Waals surface area contributed by atoms with Crippen molar-refractivity contribution in [3.8, 4) is 0 Å². The summed E-state index contributed by atoms with van der Waals surface area (Å²) in [5.41, 5.74) is 4.22. The smallest absolute Gasteiger partial charge is 0.338 e. The quantitative estimate of drug-likeness (QED) is 0.594. The Bertz CT molecular complexity index is 1070. The molecule has 144 valence electrons. The van der Waals surface area contributed by atoms with Gasteiger partial charge in [0.1, 0.15) is 0 Å². The highest BCUT2D eigenvalue weighted by Gasteiger charge is 2.35. The lowest BCUT2D eigenvalue weighted by Gasteiger charge is -2.31. The molecule has 4 rings (SSSR count). The lowest BCUT2D eigenvalue weighted by atomic mass is 9.93. The molecule has 28 heavy (non-hydrogen) atoms. The average molecular weight is 396 g/mol. The molecule has 0 saturated heterocycles. The number of fused-ring (bicyclic) bond motifs is 3. The monoisotopic (exact) mass is 395 g/mol. The number of anilines is 1. The molecule has 1 aromatic heterocycles. The number of nitrogens with zero attached hydrogens (tertiary/aromatic N) is 2. The molecule has 5 nitrogen and oxygen atoms in total. The van der Waals surface area contributed by atoms with Gasteiger partial charge in [0.05, 0.1) is 29.3 Å². The summed E-state index contributed by atoms with van der Waals surface area (Å²) in [5, 5.41) is 4.02. The molecule has 0 bridgehead atoms. The predicted molar refractivity (Wildman–Crippen MR) is 112 cm³/mol. The number of halogens is 1. The van der Waals surface area contributed by atoms with Crippen LogP contribution < -0.4 is 5.32 Å². The lowest BCUT2D eigenvalue weighted by Crippen LogP contribution is -2.29. The first-order chi connectivity index (χ1) is 13.6. The first-order valence-electron chi connectivity index (χ1n) is 9.53. The minimum absolute atomic E-state index is 0.313. The van der Waals surface area contributed by atoms with Crippen LogP contribution in [-0.4, -0.2) is 22.1 Å². The number of hydrogen-bond acceptors (Lipinski definition) is 4. The number of carbonyl (C=O) groups excluding carboxylic acids is 1. The third-order valence-electron chi connectivity index (χ3n) is 4.88. The number of rotatable bonds is 5. The van der Waals surface area contributed by atoms with Gasteiger partial charge >= 0.3 is 5.97 Å². The molecule has 0 radical (unpaired) electrons. The van der Waals surface area contributed by atoms with E-state index in [9.17, 15) is 4.79 Å². The summed E-state index contributed by atoms with van der Waals surface area (Å²) in [6.45, 7) is 4.23. The number of benzene rings is 2. The summed E-state index contributed by atoms with van der Waals surface area (Å²) in [6.07, 6.45) is 1.63. The lowest BCUT2D eigenvalue weighted by molar-refractivity contribution is -0.139. The summed E-state index contributed by atoms with van der Waals surface area (Å²) in [7, 11) is 0. The maximum Gasteiger partial charge on any atom is 0.338 e. The third-order valence-corrected chi connectivity index (χ3v) is 5.11. The zero-order valence-electron chi connectivity index (χ0n) is 15.9. The molecule has 2 heterocycles. The van der Waals surface area contributed by atoms with Gasteiger partial charge in [-0.2, -0.15) is 0 Å². The molecule has 6 heteroatoms. The van der Waals surface area contributed by atoms with Crippen molar-refractivity contribution in [2.24, 2.45) is 0 Å². The van der Waals surface area contributed by atoms with E-state index in [2.05, 4.69) is 16.8 Å². The molecule has 0 amide bonds. The van der Waals surface area contributed by atoms with Crippen molar-refractivity contribution in [3.05, 3.63) is 70.4 Å². The van der Waals surface area contributed by atoms with E-state index in [-0.39, 0.29) is 12.0 Å².